The van der Waals surface area contributed by atoms with Gasteiger partial charge in [-0.25, -0.2) is 22.7 Å². The number of unbranched alkanes of at least 4 members (excludes halogenated alkanes) is 1. The normalized spacial score (nSPS) is 15.3. The van der Waals surface area contributed by atoms with Crippen molar-refractivity contribution in [1.29, 1.82) is 0 Å². The van der Waals surface area contributed by atoms with Crippen molar-refractivity contribution < 1.29 is 32.6 Å². The predicted molar refractivity (Wildman–Crippen MR) is 156 cm³/mol. The van der Waals surface area contributed by atoms with Gasteiger partial charge in [-0.05, 0) is 94.5 Å². The Balaban J connectivity index is 1.54. The zero-order chi connectivity index (χ0) is 30.4. The minimum atomic E-state index is -4.01. The summed E-state index contributed by atoms with van der Waals surface area (Å²) in [6.45, 7) is 9.61. The summed E-state index contributed by atoms with van der Waals surface area (Å²) in [5.74, 6) is -0.693. The topological polar surface area (TPSA) is 169 Å². The summed E-state index contributed by atoms with van der Waals surface area (Å²) in [5, 5.41) is 11.8. The largest absolute Gasteiger partial charge is 0.487 e. The number of carbonyl (C=O) groups is 2. The summed E-state index contributed by atoms with van der Waals surface area (Å²) in [5.41, 5.74) is 9.26. The Morgan fingerprint density at radius 2 is 1.80 bits per heavy atom. The van der Waals surface area contributed by atoms with Crippen molar-refractivity contribution in [3.63, 3.8) is 0 Å². The fourth-order valence-electron chi connectivity index (χ4n) is 4.80. The van der Waals surface area contributed by atoms with E-state index < -0.39 is 28.1 Å². The lowest BCUT2D eigenvalue weighted by atomic mass is 9.88. The van der Waals surface area contributed by atoms with Crippen LogP contribution in [0.4, 0.5) is 4.79 Å². The molecule has 0 saturated heterocycles. The fraction of sp³-hybridized carbons (Fsp3) is 0.483. The smallest absolute Gasteiger partial charge is 0.408 e. The highest BCUT2D eigenvalue weighted by Gasteiger charge is 2.33. The van der Waals surface area contributed by atoms with Crippen molar-refractivity contribution in [3.05, 3.63) is 58.1 Å². The number of nitrogens with zero attached hydrogens (tertiary/aromatic N) is 1. The number of nitrogens with two attached hydrogens (primary N) is 1. The predicted octanol–water partition coefficient (Wildman–Crippen LogP) is 3.86. The number of guanidine groups is 1. The molecule has 0 fully saturated rings. The highest BCUT2D eigenvalue weighted by Crippen LogP contribution is 2.42. The first kappa shape index (κ1) is 31.7. The second-order valence-corrected chi connectivity index (χ2v) is 12.5. The Labute approximate surface area is 241 Å². The Bertz CT molecular complexity index is 1410. The number of benzene rings is 2. The number of fused-ring (bicyclic) bond motifs is 1. The van der Waals surface area contributed by atoms with Gasteiger partial charge in [-0.2, -0.15) is 0 Å². The first-order valence-corrected chi connectivity index (χ1v) is 15.0. The lowest BCUT2D eigenvalue weighted by Crippen LogP contribution is -2.41. The van der Waals surface area contributed by atoms with E-state index in [4.69, 9.17) is 15.2 Å². The van der Waals surface area contributed by atoms with Crippen molar-refractivity contribution in [2.45, 2.75) is 89.9 Å². The van der Waals surface area contributed by atoms with Crippen molar-refractivity contribution in [1.82, 2.24) is 10.0 Å². The molecule has 11 nitrogen and oxygen atoms in total. The van der Waals surface area contributed by atoms with E-state index in [0.29, 0.717) is 30.4 Å². The van der Waals surface area contributed by atoms with E-state index in [2.05, 4.69) is 15.0 Å². The van der Waals surface area contributed by atoms with E-state index >= 15 is 0 Å². The van der Waals surface area contributed by atoms with Gasteiger partial charge in [0.1, 0.15) is 24.0 Å². The van der Waals surface area contributed by atoms with Crippen LogP contribution in [0.1, 0.15) is 67.3 Å². The summed E-state index contributed by atoms with van der Waals surface area (Å²) >= 11 is 0. The Hall–Kier alpha value is -3.80. The van der Waals surface area contributed by atoms with Gasteiger partial charge >= 0.3 is 12.1 Å². The number of carbonyl (C=O) groups excluding carboxylic acids is 1. The Morgan fingerprint density at radius 1 is 1.12 bits per heavy atom. The molecule has 1 amide bonds. The number of aliphatic carboxylic acids is 1. The molecule has 12 heteroatoms. The minimum Gasteiger partial charge on any atom is -0.487 e. The summed E-state index contributed by atoms with van der Waals surface area (Å²) in [7, 11) is -4.01. The number of hydrogen-bond acceptors (Lipinski definition) is 7. The molecule has 0 unspecified atom stereocenters. The molecule has 1 aliphatic rings. The molecule has 41 heavy (non-hydrogen) atoms. The molecule has 0 saturated carbocycles. The molecule has 2 aromatic rings. The third kappa shape index (κ3) is 8.35. The van der Waals surface area contributed by atoms with E-state index in [-0.39, 0.29) is 36.0 Å². The zero-order valence-corrected chi connectivity index (χ0v) is 25.1. The maximum Gasteiger partial charge on any atom is 0.408 e. The van der Waals surface area contributed by atoms with Gasteiger partial charge in [0.15, 0.2) is 0 Å². The van der Waals surface area contributed by atoms with Crippen molar-refractivity contribution in [2.24, 2.45) is 10.7 Å². The van der Waals surface area contributed by atoms with Crippen LogP contribution >= 0.6 is 0 Å². The van der Waals surface area contributed by atoms with Gasteiger partial charge in [0.25, 0.3) is 10.0 Å². The summed E-state index contributed by atoms with van der Waals surface area (Å²) in [6.07, 6.45) is 1.62. The van der Waals surface area contributed by atoms with E-state index in [0.717, 1.165) is 28.9 Å². The minimum absolute atomic E-state index is 0.0267. The molecule has 5 N–H and O–H groups in total. The number of carboxylic acid groups (broad SMARTS) is 1. The summed E-state index contributed by atoms with van der Waals surface area (Å²) in [6, 6.07) is 7.91. The molecule has 0 aromatic heterocycles. The highest BCUT2D eigenvalue weighted by molar-refractivity contribution is 7.90. The molecule has 1 aliphatic heterocycles. The van der Waals surface area contributed by atoms with Crippen LogP contribution in [0.25, 0.3) is 0 Å². The van der Waals surface area contributed by atoms with Crippen molar-refractivity contribution in [3.8, 4) is 5.75 Å². The molecule has 1 atom stereocenters. The van der Waals surface area contributed by atoms with E-state index in [1.807, 2.05) is 39.0 Å². The third-order valence-corrected chi connectivity index (χ3v) is 8.79. The third-order valence-electron chi connectivity index (χ3n) is 7.16. The second kappa shape index (κ2) is 13.2. The Kier molecular flexibility index (Phi) is 10.2. The van der Waals surface area contributed by atoms with Gasteiger partial charge in [0.2, 0.25) is 5.96 Å². The van der Waals surface area contributed by atoms with Gasteiger partial charge in [-0.15, -0.1) is 0 Å². The van der Waals surface area contributed by atoms with Crippen LogP contribution in [-0.2, 0) is 32.6 Å². The van der Waals surface area contributed by atoms with Crippen LogP contribution in [0.3, 0.4) is 0 Å². The van der Waals surface area contributed by atoms with Gasteiger partial charge in [0.05, 0.1) is 4.90 Å². The molecular weight excluding hydrogens is 548 g/mol. The van der Waals surface area contributed by atoms with E-state index in [9.17, 15) is 23.1 Å². The maximum absolute atomic E-state index is 13.3. The molecule has 224 valence electrons. The zero-order valence-electron chi connectivity index (χ0n) is 24.2. The van der Waals surface area contributed by atoms with Gasteiger partial charge in [-0.3, -0.25) is 4.99 Å². The number of alkyl carbamates (subject to hydrolysis) is 1. The number of aliphatic imine (C=N–C) groups is 1. The second-order valence-electron chi connectivity index (χ2n) is 10.8. The Morgan fingerprint density at radius 3 is 2.46 bits per heavy atom. The number of nitrogens with one attached hydrogen (secondary N) is 2. The number of amides is 1. The number of hydrogen-bond donors (Lipinski definition) is 4. The van der Waals surface area contributed by atoms with Gasteiger partial charge in [-0.1, -0.05) is 30.3 Å². The first-order chi connectivity index (χ1) is 19.2. The fourth-order valence-corrected chi connectivity index (χ4v) is 6.32. The lowest BCUT2D eigenvalue weighted by molar-refractivity contribution is -0.139. The van der Waals surface area contributed by atoms with Gasteiger partial charge in [0, 0.05) is 6.54 Å². The summed E-state index contributed by atoms with van der Waals surface area (Å²) < 4.78 is 40.3. The van der Waals surface area contributed by atoms with Crippen LogP contribution in [0, 0.1) is 20.8 Å². The van der Waals surface area contributed by atoms with Crippen molar-refractivity contribution >= 4 is 28.0 Å². The summed E-state index contributed by atoms with van der Waals surface area (Å²) in [4.78, 5) is 27.9. The van der Waals surface area contributed by atoms with E-state index in [1.54, 1.807) is 26.0 Å². The molecule has 0 bridgehead atoms. The first-order valence-electron chi connectivity index (χ1n) is 13.6. The van der Waals surface area contributed by atoms with Gasteiger partial charge < -0.3 is 25.6 Å². The van der Waals surface area contributed by atoms with Crippen LogP contribution in [0.5, 0.6) is 5.75 Å². The van der Waals surface area contributed by atoms with Crippen LogP contribution < -0.4 is 20.5 Å². The monoisotopic (exact) mass is 588 g/mol. The number of rotatable bonds is 11. The average Bonchev–Trinajstić information content (AvgIpc) is 2.89. The van der Waals surface area contributed by atoms with Crippen LogP contribution in [0.2, 0.25) is 0 Å². The van der Waals surface area contributed by atoms with Crippen LogP contribution in [0.15, 0.2) is 40.2 Å². The van der Waals surface area contributed by atoms with Crippen LogP contribution in [-0.4, -0.2) is 49.7 Å². The number of sulfonamides is 1. The number of ether oxygens (including phenoxy) is 2. The maximum atomic E-state index is 13.3. The van der Waals surface area contributed by atoms with Crippen molar-refractivity contribution in [2.75, 3.05) is 6.54 Å². The average molecular weight is 589 g/mol. The SMILES string of the molecule is Cc1c(C)c(S(=O)(=O)NC(N)=NCCCC[C@H](NC(=O)OCc2ccccc2)C(=O)O)c(C)c2c1OC(C)(C)CC2. The molecular formula is C29H40N4O7S. The quantitative estimate of drug-likeness (QED) is 0.174. The molecule has 3 rings (SSSR count). The number of carboxylic acids is 1. The molecule has 1 heterocycles. The highest BCUT2D eigenvalue weighted by atomic mass is 32.2. The molecule has 0 spiro atoms. The lowest BCUT2D eigenvalue weighted by Gasteiger charge is -2.35. The molecule has 2 aromatic carbocycles. The molecule has 0 radical (unpaired) electrons. The molecule has 0 aliphatic carbocycles. The standard InChI is InChI=1S/C29H40N4O7S/c1-18-19(2)25(20(3)22-14-15-29(4,5)40-24(18)22)41(37,38)33-27(30)31-16-10-9-13-23(26(34)35)32-28(36)39-17-21-11-7-6-8-12-21/h6-8,11-12,23H,9-10,13-17H2,1-5H3,(H,32,36)(H,34,35)(H3,30,31,33)/t23-/m0/s1. The van der Waals surface area contributed by atoms with E-state index in [1.165, 1.54) is 0 Å².